The number of carbonyl (C=O) groups is 1. The van der Waals surface area contributed by atoms with Crippen molar-refractivity contribution in [3.63, 3.8) is 0 Å². The van der Waals surface area contributed by atoms with Crippen molar-refractivity contribution in [2.75, 3.05) is 13.7 Å². The molecule has 5 heteroatoms. The molecular formula is C19H20FNO3. The molecule has 0 radical (unpaired) electrons. The fraction of sp³-hybridized carbons (Fsp3) is 0.316. The van der Waals surface area contributed by atoms with E-state index in [-0.39, 0.29) is 18.3 Å². The minimum atomic E-state index is -0.853. The predicted molar refractivity (Wildman–Crippen MR) is 88.3 cm³/mol. The molecule has 1 amide bonds. The van der Waals surface area contributed by atoms with E-state index in [0.717, 1.165) is 18.4 Å². The molecule has 1 aliphatic carbocycles. The van der Waals surface area contributed by atoms with E-state index in [9.17, 15) is 14.3 Å². The van der Waals surface area contributed by atoms with Gasteiger partial charge in [0.25, 0.3) is 0 Å². The summed E-state index contributed by atoms with van der Waals surface area (Å²) in [6.07, 6.45) is 0.610. The van der Waals surface area contributed by atoms with Crippen LogP contribution >= 0.6 is 0 Å². The fourth-order valence-electron chi connectivity index (χ4n) is 2.95. The van der Waals surface area contributed by atoms with Gasteiger partial charge in [-0.15, -0.1) is 0 Å². The Morgan fingerprint density at radius 2 is 1.92 bits per heavy atom. The molecule has 0 aliphatic heterocycles. The third-order valence-corrected chi connectivity index (χ3v) is 4.54. The number of amides is 1. The molecule has 0 bridgehead atoms. The maximum absolute atomic E-state index is 13.1. The maximum Gasteiger partial charge on any atom is 0.230 e. The summed E-state index contributed by atoms with van der Waals surface area (Å²) in [6, 6.07) is 13.2. The molecule has 0 spiro atoms. The molecule has 2 N–H and O–H groups in total. The van der Waals surface area contributed by atoms with Gasteiger partial charge in [0.15, 0.2) is 0 Å². The first-order valence-corrected chi connectivity index (χ1v) is 7.92. The zero-order valence-electron chi connectivity index (χ0n) is 13.5. The zero-order valence-corrected chi connectivity index (χ0v) is 13.5. The molecule has 1 fully saturated rings. The first kappa shape index (κ1) is 16.5. The van der Waals surface area contributed by atoms with Gasteiger partial charge in [-0.1, -0.05) is 30.3 Å². The summed E-state index contributed by atoms with van der Waals surface area (Å²) in [5, 5.41) is 13.1. The van der Waals surface area contributed by atoms with Crippen LogP contribution in [-0.4, -0.2) is 24.7 Å². The number of carbonyl (C=O) groups excluding carboxylic acids is 1. The highest BCUT2D eigenvalue weighted by atomic mass is 19.1. The second kappa shape index (κ2) is 6.61. The van der Waals surface area contributed by atoms with Crippen LogP contribution in [0, 0.1) is 5.82 Å². The molecule has 0 saturated heterocycles. The lowest BCUT2D eigenvalue weighted by atomic mass is 9.95. The molecule has 0 aromatic heterocycles. The van der Waals surface area contributed by atoms with Gasteiger partial charge in [-0.3, -0.25) is 4.79 Å². The Balaban J connectivity index is 1.66. The van der Waals surface area contributed by atoms with E-state index in [4.69, 9.17) is 4.74 Å². The fourth-order valence-corrected chi connectivity index (χ4v) is 2.95. The summed E-state index contributed by atoms with van der Waals surface area (Å²) in [5.74, 6) is 0.128. The Kier molecular flexibility index (Phi) is 4.53. The molecule has 24 heavy (non-hydrogen) atoms. The Hall–Kier alpha value is -2.40. The normalized spacial score (nSPS) is 16.3. The highest BCUT2D eigenvalue weighted by Crippen LogP contribution is 2.48. The maximum atomic E-state index is 13.1. The molecular weight excluding hydrogens is 309 g/mol. The van der Waals surface area contributed by atoms with E-state index in [1.165, 1.54) is 19.2 Å². The highest BCUT2D eigenvalue weighted by Gasteiger charge is 2.51. The van der Waals surface area contributed by atoms with Gasteiger partial charge < -0.3 is 15.2 Å². The molecule has 1 atom stereocenters. The van der Waals surface area contributed by atoms with Crippen molar-refractivity contribution < 1.29 is 19.0 Å². The van der Waals surface area contributed by atoms with Crippen LogP contribution in [0.2, 0.25) is 0 Å². The van der Waals surface area contributed by atoms with Gasteiger partial charge in [-0.25, -0.2) is 4.39 Å². The second-order valence-electron chi connectivity index (χ2n) is 6.06. The van der Waals surface area contributed by atoms with Gasteiger partial charge in [0.1, 0.15) is 11.6 Å². The Labute approximate surface area is 140 Å². The number of hydrogen-bond donors (Lipinski definition) is 2. The number of hydrogen-bond acceptors (Lipinski definition) is 3. The third-order valence-electron chi connectivity index (χ3n) is 4.54. The minimum Gasteiger partial charge on any atom is -0.496 e. The van der Waals surface area contributed by atoms with Crippen molar-refractivity contribution >= 4 is 5.91 Å². The lowest BCUT2D eigenvalue weighted by molar-refractivity contribution is -0.124. The van der Waals surface area contributed by atoms with Gasteiger partial charge in [0.2, 0.25) is 5.91 Å². The third kappa shape index (κ3) is 3.12. The topological polar surface area (TPSA) is 58.6 Å². The number of rotatable bonds is 6. The summed E-state index contributed by atoms with van der Waals surface area (Å²) < 4.78 is 18.3. The van der Waals surface area contributed by atoms with E-state index in [0.29, 0.717) is 11.3 Å². The van der Waals surface area contributed by atoms with Crippen molar-refractivity contribution in [3.05, 3.63) is 65.5 Å². The van der Waals surface area contributed by atoms with E-state index < -0.39 is 11.5 Å². The number of ether oxygens (including phenoxy) is 1. The van der Waals surface area contributed by atoms with Gasteiger partial charge in [-0.2, -0.15) is 0 Å². The van der Waals surface area contributed by atoms with Crippen LogP contribution in [0.1, 0.15) is 30.1 Å². The summed E-state index contributed by atoms with van der Waals surface area (Å²) in [7, 11) is 1.54. The number of aliphatic hydroxyl groups excluding tert-OH is 1. The number of nitrogens with one attached hydrogen (secondary N) is 1. The van der Waals surface area contributed by atoms with Crippen molar-refractivity contribution in [2.24, 2.45) is 0 Å². The van der Waals surface area contributed by atoms with Gasteiger partial charge in [-0.05, 0) is 36.6 Å². The van der Waals surface area contributed by atoms with Gasteiger partial charge in [0.05, 0.1) is 18.6 Å². The SMILES string of the molecule is COc1ccccc1[C@H](O)CNC(=O)C1(c2ccc(F)cc2)CC1. The van der Waals surface area contributed by atoms with Crippen LogP contribution < -0.4 is 10.1 Å². The predicted octanol–water partition coefficient (Wildman–Crippen LogP) is 2.72. The van der Waals surface area contributed by atoms with Crippen LogP contribution in [0.5, 0.6) is 5.75 Å². The van der Waals surface area contributed by atoms with Crippen LogP contribution in [-0.2, 0) is 10.2 Å². The van der Waals surface area contributed by atoms with Crippen molar-refractivity contribution in [1.29, 1.82) is 0 Å². The molecule has 0 unspecified atom stereocenters. The average Bonchev–Trinajstić information content (AvgIpc) is 3.42. The second-order valence-corrected chi connectivity index (χ2v) is 6.06. The molecule has 1 aliphatic rings. The van der Waals surface area contributed by atoms with Crippen molar-refractivity contribution in [3.8, 4) is 5.75 Å². The highest BCUT2D eigenvalue weighted by molar-refractivity contribution is 5.91. The lowest BCUT2D eigenvalue weighted by Crippen LogP contribution is -2.37. The average molecular weight is 329 g/mol. The minimum absolute atomic E-state index is 0.0994. The van der Waals surface area contributed by atoms with Crippen molar-refractivity contribution in [1.82, 2.24) is 5.32 Å². The van der Waals surface area contributed by atoms with Gasteiger partial charge >= 0.3 is 0 Å². The number of para-hydroxylation sites is 1. The van der Waals surface area contributed by atoms with Gasteiger partial charge in [0, 0.05) is 12.1 Å². The van der Waals surface area contributed by atoms with E-state index in [1.54, 1.807) is 24.3 Å². The Bertz CT molecular complexity index is 726. The summed E-state index contributed by atoms with van der Waals surface area (Å²) in [5.41, 5.74) is 0.855. The largest absolute Gasteiger partial charge is 0.496 e. The van der Waals surface area contributed by atoms with Crippen LogP contribution in [0.3, 0.4) is 0 Å². The first-order chi connectivity index (χ1) is 11.6. The summed E-state index contributed by atoms with van der Waals surface area (Å²) in [4.78, 5) is 12.6. The molecule has 2 aromatic carbocycles. The van der Waals surface area contributed by atoms with Crippen LogP contribution in [0.4, 0.5) is 4.39 Å². The Morgan fingerprint density at radius 3 is 2.54 bits per heavy atom. The van der Waals surface area contributed by atoms with E-state index >= 15 is 0 Å². The zero-order chi connectivity index (χ0) is 17.2. The van der Waals surface area contributed by atoms with Crippen LogP contribution in [0.15, 0.2) is 48.5 Å². The molecule has 2 aromatic rings. The number of halogens is 1. The monoisotopic (exact) mass is 329 g/mol. The first-order valence-electron chi connectivity index (χ1n) is 7.92. The molecule has 126 valence electrons. The van der Waals surface area contributed by atoms with Crippen molar-refractivity contribution in [2.45, 2.75) is 24.4 Å². The molecule has 4 nitrogen and oxygen atoms in total. The smallest absolute Gasteiger partial charge is 0.230 e. The molecule has 3 rings (SSSR count). The molecule has 1 saturated carbocycles. The number of aliphatic hydroxyl groups is 1. The number of methoxy groups -OCH3 is 1. The standard InChI is InChI=1S/C19H20FNO3/c1-24-17-5-3-2-4-15(17)16(22)12-21-18(23)19(10-11-19)13-6-8-14(20)9-7-13/h2-9,16,22H,10-12H2,1H3,(H,21,23)/t16-/m1/s1. The lowest BCUT2D eigenvalue weighted by Gasteiger charge is -2.19. The van der Waals surface area contributed by atoms with E-state index in [1.807, 2.05) is 12.1 Å². The van der Waals surface area contributed by atoms with E-state index in [2.05, 4.69) is 5.32 Å². The number of benzene rings is 2. The summed E-state index contributed by atoms with van der Waals surface area (Å²) in [6.45, 7) is 0.0994. The molecule has 0 heterocycles. The Morgan fingerprint density at radius 1 is 1.25 bits per heavy atom. The van der Waals surface area contributed by atoms with Crippen LogP contribution in [0.25, 0.3) is 0 Å². The quantitative estimate of drug-likeness (QED) is 0.857. The summed E-state index contributed by atoms with van der Waals surface area (Å²) >= 11 is 0.